The third-order valence-electron chi connectivity index (χ3n) is 4.35. The number of thioether (sulfide) groups is 1. The number of benzene rings is 3. The fourth-order valence-electron chi connectivity index (χ4n) is 2.95. The zero-order valence-electron chi connectivity index (χ0n) is 15.8. The van der Waals surface area contributed by atoms with E-state index in [0.29, 0.717) is 11.5 Å². The largest absolute Gasteiger partial charge is 0.325 e. The number of aryl methyl sites for hydroxylation is 1. The van der Waals surface area contributed by atoms with Crippen molar-refractivity contribution in [2.75, 3.05) is 5.32 Å². The van der Waals surface area contributed by atoms with Crippen LogP contribution in [0.15, 0.2) is 89.8 Å². The maximum Gasteiger partial charge on any atom is 0.242 e. The number of nitrogens with one attached hydrogen (secondary N) is 1. The number of amides is 1. The first-order chi connectivity index (χ1) is 14.2. The summed E-state index contributed by atoms with van der Waals surface area (Å²) in [6.45, 7) is 0. The summed E-state index contributed by atoms with van der Waals surface area (Å²) < 4.78 is 1.60. The molecule has 1 atom stereocenters. The molecular formula is C22H19N5OS. The van der Waals surface area contributed by atoms with E-state index < -0.39 is 0 Å². The lowest BCUT2D eigenvalue weighted by molar-refractivity contribution is -0.115. The average Bonchev–Trinajstić information content (AvgIpc) is 3.19. The highest BCUT2D eigenvalue weighted by Crippen LogP contribution is 2.36. The van der Waals surface area contributed by atoms with Crippen LogP contribution in [-0.4, -0.2) is 26.1 Å². The van der Waals surface area contributed by atoms with Crippen LogP contribution in [0, 0.1) is 0 Å². The Labute approximate surface area is 173 Å². The molecule has 0 aliphatic heterocycles. The molecule has 0 radical (unpaired) electrons. The number of hydrogen-bond donors (Lipinski definition) is 1. The number of nitrogens with zero attached hydrogens (tertiary/aromatic N) is 4. The summed E-state index contributed by atoms with van der Waals surface area (Å²) in [4.78, 5) is 14.2. The van der Waals surface area contributed by atoms with Crippen molar-refractivity contribution in [3.63, 3.8) is 0 Å². The SMILES string of the molecule is Cn1nnnc1-c1cccc(NC(=O)C(Sc2ccccc2)c2ccccc2)c1. The van der Waals surface area contributed by atoms with Crippen LogP contribution in [0.2, 0.25) is 0 Å². The molecule has 3 aromatic carbocycles. The Morgan fingerprint density at radius 1 is 0.966 bits per heavy atom. The molecule has 0 bridgehead atoms. The Kier molecular flexibility index (Phi) is 5.67. The Bertz CT molecular complexity index is 1100. The van der Waals surface area contributed by atoms with Crippen LogP contribution in [0.25, 0.3) is 11.4 Å². The van der Waals surface area contributed by atoms with Gasteiger partial charge in [-0.25, -0.2) is 4.68 Å². The van der Waals surface area contributed by atoms with Gasteiger partial charge in [-0.05, 0) is 40.3 Å². The molecule has 0 saturated carbocycles. The highest BCUT2D eigenvalue weighted by atomic mass is 32.2. The number of hydrogen-bond acceptors (Lipinski definition) is 5. The topological polar surface area (TPSA) is 72.7 Å². The van der Waals surface area contributed by atoms with E-state index >= 15 is 0 Å². The summed E-state index contributed by atoms with van der Waals surface area (Å²) >= 11 is 1.53. The van der Waals surface area contributed by atoms with E-state index in [1.807, 2.05) is 84.9 Å². The van der Waals surface area contributed by atoms with Crippen molar-refractivity contribution in [2.24, 2.45) is 7.05 Å². The molecule has 29 heavy (non-hydrogen) atoms. The highest BCUT2D eigenvalue weighted by Gasteiger charge is 2.22. The molecule has 1 unspecified atom stereocenters. The van der Waals surface area contributed by atoms with E-state index in [0.717, 1.165) is 16.0 Å². The summed E-state index contributed by atoms with van der Waals surface area (Å²) in [5, 5.41) is 14.2. The van der Waals surface area contributed by atoms with Gasteiger partial charge >= 0.3 is 0 Å². The maximum absolute atomic E-state index is 13.2. The Hall–Kier alpha value is -3.45. The van der Waals surface area contributed by atoms with Gasteiger partial charge in [0.1, 0.15) is 5.25 Å². The summed E-state index contributed by atoms with van der Waals surface area (Å²) in [6, 6.07) is 27.2. The number of aromatic nitrogens is 4. The summed E-state index contributed by atoms with van der Waals surface area (Å²) in [7, 11) is 1.78. The molecule has 1 N–H and O–H groups in total. The number of carbonyl (C=O) groups is 1. The number of anilines is 1. The Morgan fingerprint density at radius 3 is 2.38 bits per heavy atom. The van der Waals surface area contributed by atoms with Gasteiger partial charge in [-0.3, -0.25) is 4.79 Å². The van der Waals surface area contributed by atoms with Crippen LogP contribution in [0.3, 0.4) is 0 Å². The van der Waals surface area contributed by atoms with Crippen molar-refractivity contribution >= 4 is 23.4 Å². The minimum Gasteiger partial charge on any atom is -0.325 e. The lowest BCUT2D eigenvalue weighted by Gasteiger charge is -2.17. The van der Waals surface area contributed by atoms with Crippen molar-refractivity contribution in [3.8, 4) is 11.4 Å². The quantitative estimate of drug-likeness (QED) is 0.486. The van der Waals surface area contributed by atoms with E-state index in [1.54, 1.807) is 11.7 Å². The van der Waals surface area contributed by atoms with E-state index in [-0.39, 0.29) is 11.2 Å². The van der Waals surface area contributed by atoms with E-state index in [2.05, 4.69) is 20.8 Å². The van der Waals surface area contributed by atoms with Gasteiger partial charge < -0.3 is 5.32 Å². The lowest BCUT2D eigenvalue weighted by atomic mass is 10.1. The van der Waals surface area contributed by atoms with E-state index in [4.69, 9.17) is 0 Å². The van der Waals surface area contributed by atoms with Crippen molar-refractivity contribution < 1.29 is 4.79 Å². The molecule has 1 amide bonds. The van der Waals surface area contributed by atoms with Gasteiger partial charge in [0, 0.05) is 23.2 Å². The predicted octanol–water partition coefficient (Wildman–Crippen LogP) is 4.35. The molecule has 4 rings (SSSR count). The zero-order valence-corrected chi connectivity index (χ0v) is 16.6. The number of rotatable bonds is 6. The molecule has 6 nitrogen and oxygen atoms in total. The van der Waals surface area contributed by atoms with Crippen molar-refractivity contribution in [1.82, 2.24) is 20.2 Å². The predicted molar refractivity (Wildman–Crippen MR) is 114 cm³/mol. The number of carbonyl (C=O) groups excluding carboxylic acids is 1. The summed E-state index contributed by atoms with van der Waals surface area (Å²) in [6.07, 6.45) is 0. The zero-order chi connectivity index (χ0) is 20.1. The fraction of sp³-hybridized carbons (Fsp3) is 0.0909. The van der Waals surface area contributed by atoms with Gasteiger partial charge in [0.2, 0.25) is 5.91 Å². The van der Waals surface area contributed by atoms with Crippen molar-refractivity contribution in [3.05, 3.63) is 90.5 Å². The van der Waals surface area contributed by atoms with Crippen LogP contribution >= 0.6 is 11.8 Å². The van der Waals surface area contributed by atoms with Crippen molar-refractivity contribution in [1.29, 1.82) is 0 Å². The van der Waals surface area contributed by atoms with Crippen LogP contribution < -0.4 is 5.32 Å². The third kappa shape index (κ3) is 4.52. The van der Waals surface area contributed by atoms with Gasteiger partial charge in [0.15, 0.2) is 5.82 Å². The van der Waals surface area contributed by atoms with Gasteiger partial charge in [-0.1, -0.05) is 60.7 Å². The van der Waals surface area contributed by atoms with Gasteiger partial charge in [-0.15, -0.1) is 16.9 Å². The monoisotopic (exact) mass is 401 g/mol. The highest BCUT2D eigenvalue weighted by molar-refractivity contribution is 8.00. The minimum atomic E-state index is -0.376. The first kappa shape index (κ1) is 18.9. The average molecular weight is 401 g/mol. The number of tetrazole rings is 1. The molecule has 1 aromatic heterocycles. The Balaban J connectivity index is 1.59. The van der Waals surface area contributed by atoms with Crippen LogP contribution in [0.5, 0.6) is 0 Å². The van der Waals surface area contributed by atoms with E-state index in [1.165, 1.54) is 11.8 Å². The lowest BCUT2D eigenvalue weighted by Crippen LogP contribution is -2.19. The van der Waals surface area contributed by atoms with Crippen LogP contribution in [-0.2, 0) is 11.8 Å². The summed E-state index contributed by atoms with van der Waals surface area (Å²) in [5.41, 5.74) is 2.49. The second-order valence-electron chi connectivity index (χ2n) is 6.42. The minimum absolute atomic E-state index is 0.0849. The van der Waals surface area contributed by atoms with Gasteiger partial charge in [-0.2, -0.15) is 0 Å². The second-order valence-corrected chi connectivity index (χ2v) is 7.60. The molecule has 144 valence electrons. The first-order valence-corrected chi connectivity index (χ1v) is 9.99. The molecule has 0 aliphatic rings. The molecule has 7 heteroatoms. The molecular weight excluding hydrogens is 382 g/mol. The van der Waals surface area contributed by atoms with Crippen LogP contribution in [0.4, 0.5) is 5.69 Å². The fourth-order valence-corrected chi connectivity index (χ4v) is 4.00. The Morgan fingerprint density at radius 2 is 1.69 bits per heavy atom. The molecule has 0 fully saturated rings. The standard InChI is InChI=1S/C22H19N5OS/c1-27-21(24-25-26-27)17-11-8-12-18(15-17)23-22(28)20(16-9-4-2-5-10-16)29-19-13-6-3-7-14-19/h2-15,20H,1H3,(H,23,28). The molecule has 0 spiro atoms. The van der Waals surface area contributed by atoms with Gasteiger partial charge in [0.05, 0.1) is 0 Å². The smallest absolute Gasteiger partial charge is 0.242 e. The second kappa shape index (κ2) is 8.70. The molecule has 1 heterocycles. The van der Waals surface area contributed by atoms with Crippen molar-refractivity contribution in [2.45, 2.75) is 10.1 Å². The molecule has 4 aromatic rings. The van der Waals surface area contributed by atoms with E-state index in [9.17, 15) is 4.79 Å². The normalized spacial score (nSPS) is 11.8. The first-order valence-electron chi connectivity index (χ1n) is 9.11. The third-order valence-corrected chi connectivity index (χ3v) is 5.61. The van der Waals surface area contributed by atoms with Gasteiger partial charge in [0.25, 0.3) is 0 Å². The molecule has 0 saturated heterocycles. The summed E-state index contributed by atoms with van der Waals surface area (Å²) in [5.74, 6) is 0.553. The van der Waals surface area contributed by atoms with Crippen LogP contribution in [0.1, 0.15) is 10.8 Å². The molecule has 0 aliphatic carbocycles. The maximum atomic E-state index is 13.2.